The molecule has 0 aliphatic heterocycles. The zero-order valence-corrected chi connectivity index (χ0v) is 15.0. The summed E-state index contributed by atoms with van der Waals surface area (Å²) in [6.07, 6.45) is 3.27. The Kier molecular flexibility index (Phi) is 7.21. The van der Waals surface area contributed by atoms with Gasteiger partial charge in [-0.25, -0.2) is 9.78 Å². The van der Waals surface area contributed by atoms with Gasteiger partial charge in [0, 0.05) is 24.1 Å². The smallest absolute Gasteiger partial charge is 0.315 e. The van der Waals surface area contributed by atoms with Gasteiger partial charge in [0.15, 0.2) is 0 Å². The molecule has 2 rings (SSSR count). The Morgan fingerprint density at radius 3 is 2.71 bits per heavy atom. The number of thiazole rings is 1. The van der Waals surface area contributed by atoms with Crippen LogP contribution in [-0.4, -0.2) is 22.7 Å². The van der Waals surface area contributed by atoms with Crippen LogP contribution in [0.15, 0.2) is 36.5 Å². The van der Waals surface area contributed by atoms with E-state index in [4.69, 9.17) is 0 Å². The molecule has 24 heavy (non-hydrogen) atoms. The maximum Gasteiger partial charge on any atom is 0.315 e. The molecular formula is C18H25N3O2S. The van der Waals surface area contributed by atoms with E-state index in [-0.39, 0.29) is 18.7 Å². The van der Waals surface area contributed by atoms with Crippen LogP contribution in [0.1, 0.15) is 41.8 Å². The number of amides is 2. The Morgan fingerprint density at radius 1 is 1.29 bits per heavy atom. The third-order valence-electron chi connectivity index (χ3n) is 3.53. The van der Waals surface area contributed by atoms with Gasteiger partial charge in [-0.15, -0.1) is 11.3 Å². The standard InChI is InChI=1S/C18H25N3O2S/c1-13(2)10-17-19-11-15(24-17)12-20-18(23)21-16(8-9-22)14-6-4-3-5-7-14/h3-7,11,13,16,22H,8-10,12H2,1-2H3,(H2,20,21,23)/t16-/m1/s1. The lowest BCUT2D eigenvalue weighted by Gasteiger charge is -2.18. The van der Waals surface area contributed by atoms with Crippen LogP contribution in [0.25, 0.3) is 0 Å². The van der Waals surface area contributed by atoms with E-state index in [0.29, 0.717) is 18.9 Å². The first kappa shape index (κ1) is 18.4. The summed E-state index contributed by atoms with van der Waals surface area (Å²) in [4.78, 5) is 17.6. The average molecular weight is 347 g/mol. The zero-order valence-electron chi connectivity index (χ0n) is 14.2. The van der Waals surface area contributed by atoms with Crippen molar-refractivity contribution in [2.45, 2.75) is 39.3 Å². The van der Waals surface area contributed by atoms with Crippen molar-refractivity contribution in [2.24, 2.45) is 5.92 Å². The number of carbonyl (C=O) groups excluding carboxylic acids is 1. The van der Waals surface area contributed by atoms with Crippen LogP contribution in [0.2, 0.25) is 0 Å². The van der Waals surface area contributed by atoms with E-state index >= 15 is 0 Å². The summed E-state index contributed by atoms with van der Waals surface area (Å²) in [5.41, 5.74) is 0.985. The summed E-state index contributed by atoms with van der Waals surface area (Å²) >= 11 is 1.64. The number of urea groups is 1. The molecule has 0 aliphatic carbocycles. The average Bonchev–Trinajstić information content (AvgIpc) is 3.00. The second-order valence-electron chi connectivity index (χ2n) is 6.12. The normalized spacial score (nSPS) is 12.2. The van der Waals surface area contributed by atoms with Crippen molar-refractivity contribution in [3.63, 3.8) is 0 Å². The lowest BCUT2D eigenvalue weighted by molar-refractivity contribution is 0.229. The number of aliphatic hydroxyl groups is 1. The topological polar surface area (TPSA) is 74.2 Å². The summed E-state index contributed by atoms with van der Waals surface area (Å²) in [5.74, 6) is 0.574. The molecule has 1 heterocycles. The number of carbonyl (C=O) groups is 1. The largest absolute Gasteiger partial charge is 0.396 e. The molecule has 5 nitrogen and oxygen atoms in total. The second kappa shape index (κ2) is 9.39. The van der Waals surface area contributed by atoms with Crippen LogP contribution in [-0.2, 0) is 13.0 Å². The molecule has 2 aromatic rings. The van der Waals surface area contributed by atoms with Crippen molar-refractivity contribution >= 4 is 17.4 Å². The Labute approximate surface area is 147 Å². The van der Waals surface area contributed by atoms with Crippen LogP contribution < -0.4 is 10.6 Å². The molecule has 130 valence electrons. The van der Waals surface area contributed by atoms with E-state index in [1.165, 1.54) is 0 Å². The summed E-state index contributed by atoms with van der Waals surface area (Å²) in [6, 6.07) is 9.23. The number of hydrogen-bond acceptors (Lipinski definition) is 4. The van der Waals surface area contributed by atoms with Gasteiger partial charge in [-0.2, -0.15) is 0 Å². The molecule has 0 saturated carbocycles. The third-order valence-corrected chi connectivity index (χ3v) is 4.55. The number of nitrogens with one attached hydrogen (secondary N) is 2. The molecule has 0 unspecified atom stereocenters. The van der Waals surface area contributed by atoms with Gasteiger partial charge < -0.3 is 15.7 Å². The van der Waals surface area contributed by atoms with Crippen molar-refractivity contribution in [1.82, 2.24) is 15.6 Å². The highest BCUT2D eigenvalue weighted by Crippen LogP contribution is 2.17. The molecule has 1 aromatic heterocycles. The minimum absolute atomic E-state index is 0.0211. The summed E-state index contributed by atoms with van der Waals surface area (Å²) in [7, 11) is 0. The van der Waals surface area contributed by atoms with Gasteiger partial charge in [-0.05, 0) is 17.9 Å². The second-order valence-corrected chi connectivity index (χ2v) is 7.32. The number of aromatic nitrogens is 1. The number of hydrogen-bond donors (Lipinski definition) is 3. The number of aliphatic hydroxyl groups excluding tert-OH is 1. The third kappa shape index (κ3) is 5.94. The number of nitrogens with zero attached hydrogens (tertiary/aromatic N) is 1. The minimum atomic E-state index is -0.240. The van der Waals surface area contributed by atoms with Crippen molar-refractivity contribution in [2.75, 3.05) is 6.61 Å². The van der Waals surface area contributed by atoms with Gasteiger partial charge in [0.1, 0.15) is 0 Å². The highest BCUT2D eigenvalue weighted by molar-refractivity contribution is 7.11. The van der Waals surface area contributed by atoms with Crippen LogP contribution in [0.3, 0.4) is 0 Å². The highest BCUT2D eigenvalue weighted by Gasteiger charge is 2.14. The van der Waals surface area contributed by atoms with Crippen LogP contribution in [0.4, 0.5) is 4.79 Å². The molecule has 0 spiro atoms. The molecule has 2 amide bonds. The number of rotatable bonds is 8. The molecule has 6 heteroatoms. The monoisotopic (exact) mass is 347 g/mol. The molecule has 0 radical (unpaired) electrons. The quantitative estimate of drug-likeness (QED) is 0.686. The molecule has 0 bridgehead atoms. The summed E-state index contributed by atoms with van der Waals surface area (Å²) in [5, 5.41) is 16.1. The van der Waals surface area contributed by atoms with Crippen LogP contribution in [0.5, 0.6) is 0 Å². The van der Waals surface area contributed by atoms with E-state index in [0.717, 1.165) is 21.9 Å². The summed E-state index contributed by atoms with van der Waals surface area (Å²) in [6.45, 7) is 4.81. The fourth-order valence-corrected chi connectivity index (χ4v) is 3.46. The van der Waals surface area contributed by atoms with Crippen LogP contribution in [0, 0.1) is 5.92 Å². The summed E-state index contributed by atoms with van der Waals surface area (Å²) < 4.78 is 0. The van der Waals surface area contributed by atoms with E-state index in [1.54, 1.807) is 11.3 Å². The van der Waals surface area contributed by atoms with Crippen molar-refractivity contribution < 1.29 is 9.90 Å². The van der Waals surface area contributed by atoms with Gasteiger partial charge in [0.25, 0.3) is 0 Å². The molecular weight excluding hydrogens is 322 g/mol. The van der Waals surface area contributed by atoms with Gasteiger partial charge in [-0.1, -0.05) is 44.2 Å². The SMILES string of the molecule is CC(C)Cc1ncc(CNC(=O)N[C@H](CCO)c2ccccc2)s1. The van der Waals surface area contributed by atoms with Crippen LogP contribution >= 0.6 is 11.3 Å². The maximum absolute atomic E-state index is 12.1. The molecule has 0 aliphatic rings. The predicted molar refractivity (Wildman–Crippen MR) is 96.9 cm³/mol. The van der Waals surface area contributed by atoms with Gasteiger partial charge in [0.05, 0.1) is 17.6 Å². The first-order chi connectivity index (χ1) is 11.6. The first-order valence-electron chi connectivity index (χ1n) is 8.22. The molecule has 3 N–H and O–H groups in total. The lowest BCUT2D eigenvalue weighted by atomic mass is 10.0. The molecule has 1 aromatic carbocycles. The van der Waals surface area contributed by atoms with E-state index < -0.39 is 0 Å². The number of benzene rings is 1. The van der Waals surface area contributed by atoms with Crippen molar-refractivity contribution in [1.29, 1.82) is 0 Å². The van der Waals surface area contributed by atoms with Gasteiger partial charge in [0.2, 0.25) is 0 Å². The van der Waals surface area contributed by atoms with E-state index in [9.17, 15) is 9.90 Å². The van der Waals surface area contributed by atoms with Gasteiger partial charge >= 0.3 is 6.03 Å². The van der Waals surface area contributed by atoms with Crippen molar-refractivity contribution in [3.05, 3.63) is 52.0 Å². The van der Waals surface area contributed by atoms with E-state index in [1.807, 2.05) is 36.5 Å². The minimum Gasteiger partial charge on any atom is -0.396 e. The van der Waals surface area contributed by atoms with Crippen molar-refractivity contribution in [3.8, 4) is 0 Å². The zero-order chi connectivity index (χ0) is 17.4. The molecule has 0 fully saturated rings. The molecule has 0 saturated heterocycles. The predicted octanol–water partition coefficient (Wildman–Crippen LogP) is 3.26. The molecule has 1 atom stereocenters. The Morgan fingerprint density at radius 2 is 2.04 bits per heavy atom. The Balaban J connectivity index is 1.86. The van der Waals surface area contributed by atoms with Gasteiger partial charge in [-0.3, -0.25) is 0 Å². The first-order valence-corrected chi connectivity index (χ1v) is 9.04. The lowest BCUT2D eigenvalue weighted by Crippen LogP contribution is -2.37. The Bertz CT molecular complexity index is 628. The fourth-order valence-electron chi connectivity index (χ4n) is 2.39. The fraction of sp³-hybridized carbons (Fsp3) is 0.444. The Hall–Kier alpha value is -1.92. The highest BCUT2D eigenvalue weighted by atomic mass is 32.1. The van der Waals surface area contributed by atoms with E-state index in [2.05, 4.69) is 29.5 Å². The maximum atomic E-state index is 12.1.